The van der Waals surface area contributed by atoms with E-state index in [1.54, 1.807) is 17.5 Å². The van der Waals surface area contributed by atoms with Gasteiger partial charge in [0.2, 0.25) is 0 Å². The number of aliphatic hydroxyl groups excluding tert-OH is 1. The molecule has 1 N–H and O–H groups in total. The van der Waals surface area contributed by atoms with Crippen LogP contribution in [-0.4, -0.2) is 14.9 Å². The average Bonchev–Trinajstić information content (AvgIpc) is 2.86. The fourth-order valence-corrected chi connectivity index (χ4v) is 3.25. The molecule has 0 saturated heterocycles. The van der Waals surface area contributed by atoms with Crippen LogP contribution in [0.1, 0.15) is 35.6 Å². The predicted molar refractivity (Wildman–Crippen MR) is 73.3 cm³/mol. The van der Waals surface area contributed by atoms with Crippen molar-refractivity contribution in [3.63, 3.8) is 0 Å². The number of aryl methyl sites for hydroxylation is 2. The van der Waals surface area contributed by atoms with Gasteiger partial charge >= 0.3 is 0 Å². The second-order valence-electron chi connectivity index (χ2n) is 3.97. The lowest BCUT2D eigenvalue weighted by atomic mass is 10.1. The lowest BCUT2D eigenvalue weighted by Crippen LogP contribution is -2.10. The molecule has 1 atom stereocenters. The van der Waals surface area contributed by atoms with Gasteiger partial charge in [0, 0.05) is 11.4 Å². The van der Waals surface area contributed by atoms with E-state index in [4.69, 9.17) is 0 Å². The largest absolute Gasteiger partial charge is 0.381 e. The van der Waals surface area contributed by atoms with E-state index in [2.05, 4.69) is 28.0 Å². The average molecular weight is 315 g/mol. The van der Waals surface area contributed by atoms with E-state index in [-0.39, 0.29) is 0 Å². The van der Waals surface area contributed by atoms with Crippen molar-refractivity contribution >= 4 is 27.3 Å². The van der Waals surface area contributed by atoms with Crippen LogP contribution in [0.4, 0.5) is 0 Å². The van der Waals surface area contributed by atoms with E-state index in [1.807, 2.05) is 23.1 Å². The molecule has 2 heterocycles. The molecule has 2 aromatic rings. The molecule has 17 heavy (non-hydrogen) atoms. The zero-order valence-electron chi connectivity index (χ0n) is 9.85. The van der Waals surface area contributed by atoms with Gasteiger partial charge in [-0.1, -0.05) is 6.92 Å². The quantitative estimate of drug-likeness (QED) is 0.937. The van der Waals surface area contributed by atoms with Crippen molar-refractivity contribution < 1.29 is 5.11 Å². The van der Waals surface area contributed by atoms with Gasteiger partial charge in [-0.2, -0.15) is 5.10 Å². The highest BCUT2D eigenvalue weighted by molar-refractivity contribution is 9.10. The lowest BCUT2D eigenvalue weighted by Gasteiger charge is -2.13. The first-order valence-corrected chi connectivity index (χ1v) is 7.25. The van der Waals surface area contributed by atoms with Crippen LogP contribution >= 0.6 is 27.3 Å². The Morgan fingerprint density at radius 3 is 2.94 bits per heavy atom. The monoisotopic (exact) mass is 314 g/mol. The van der Waals surface area contributed by atoms with Gasteiger partial charge in [-0.25, -0.2) is 0 Å². The molecule has 5 heteroatoms. The molecule has 0 amide bonds. The summed E-state index contributed by atoms with van der Waals surface area (Å²) in [6, 6.07) is 2.03. The van der Waals surface area contributed by atoms with Gasteiger partial charge in [0.1, 0.15) is 6.10 Å². The first-order chi connectivity index (χ1) is 8.15. The molecule has 2 rings (SSSR count). The summed E-state index contributed by atoms with van der Waals surface area (Å²) in [7, 11) is 0. The van der Waals surface area contributed by atoms with Gasteiger partial charge in [0.25, 0.3) is 0 Å². The second kappa shape index (κ2) is 5.33. The summed E-state index contributed by atoms with van der Waals surface area (Å²) in [5.74, 6) is 0. The number of hydrogen-bond acceptors (Lipinski definition) is 3. The maximum absolute atomic E-state index is 10.5. The van der Waals surface area contributed by atoms with Gasteiger partial charge in [0.05, 0.1) is 16.4 Å². The first kappa shape index (κ1) is 12.8. The minimum atomic E-state index is -0.599. The molecule has 0 radical (unpaired) electrons. The fraction of sp³-hybridized carbons (Fsp3) is 0.417. The molecule has 0 aliphatic heterocycles. The van der Waals surface area contributed by atoms with Gasteiger partial charge in [-0.05, 0) is 46.3 Å². The van der Waals surface area contributed by atoms with E-state index in [0.717, 1.165) is 33.6 Å². The van der Waals surface area contributed by atoms with Crippen LogP contribution in [0.2, 0.25) is 0 Å². The Hall–Kier alpha value is -0.650. The summed E-state index contributed by atoms with van der Waals surface area (Å²) in [6.45, 7) is 4.94. The van der Waals surface area contributed by atoms with Crippen molar-refractivity contribution in [1.29, 1.82) is 0 Å². The number of hydrogen-bond donors (Lipinski definition) is 1. The molecule has 0 saturated carbocycles. The summed E-state index contributed by atoms with van der Waals surface area (Å²) >= 11 is 5.04. The molecule has 92 valence electrons. The molecule has 2 aromatic heterocycles. The molecule has 0 fully saturated rings. The topological polar surface area (TPSA) is 38.0 Å². The zero-order chi connectivity index (χ0) is 12.4. The highest BCUT2D eigenvalue weighted by atomic mass is 79.9. The minimum absolute atomic E-state index is 0.599. The van der Waals surface area contributed by atoms with Crippen molar-refractivity contribution in [2.75, 3.05) is 0 Å². The van der Waals surface area contributed by atoms with Crippen LogP contribution in [0.3, 0.4) is 0 Å². The number of aromatic nitrogens is 2. The molecular formula is C12H15BrN2OS. The summed E-state index contributed by atoms with van der Waals surface area (Å²) in [5, 5.41) is 16.7. The maximum Gasteiger partial charge on any atom is 0.131 e. The smallest absolute Gasteiger partial charge is 0.131 e. The summed E-state index contributed by atoms with van der Waals surface area (Å²) in [6.07, 6.45) is 2.15. The number of nitrogens with zero attached hydrogens (tertiary/aromatic N) is 2. The van der Waals surface area contributed by atoms with Crippen LogP contribution in [0.15, 0.2) is 22.1 Å². The van der Waals surface area contributed by atoms with Crippen molar-refractivity contribution in [2.24, 2.45) is 0 Å². The van der Waals surface area contributed by atoms with Crippen LogP contribution in [-0.2, 0) is 6.54 Å². The number of aliphatic hydroxyl groups is 1. The first-order valence-electron chi connectivity index (χ1n) is 5.58. The van der Waals surface area contributed by atoms with Crippen molar-refractivity contribution in [3.8, 4) is 0 Å². The van der Waals surface area contributed by atoms with E-state index >= 15 is 0 Å². The molecule has 0 spiro atoms. The lowest BCUT2D eigenvalue weighted by molar-refractivity contribution is 0.209. The molecule has 0 aliphatic rings. The van der Waals surface area contributed by atoms with E-state index in [0.29, 0.717) is 0 Å². The zero-order valence-corrected chi connectivity index (χ0v) is 12.3. The van der Waals surface area contributed by atoms with Gasteiger partial charge in [-0.3, -0.25) is 4.68 Å². The molecule has 0 aliphatic carbocycles. The Kier molecular flexibility index (Phi) is 4.01. The van der Waals surface area contributed by atoms with Crippen molar-refractivity contribution in [1.82, 2.24) is 9.78 Å². The van der Waals surface area contributed by atoms with Gasteiger partial charge < -0.3 is 5.11 Å². The Balaban J connectivity index is 2.39. The van der Waals surface area contributed by atoms with Crippen LogP contribution in [0.5, 0.6) is 0 Å². The highest BCUT2D eigenvalue weighted by Crippen LogP contribution is 2.33. The van der Waals surface area contributed by atoms with E-state index in [9.17, 15) is 5.11 Å². The van der Waals surface area contributed by atoms with E-state index < -0.39 is 6.10 Å². The second-order valence-corrected chi connectivity index (χ2v) is 5.77. The molecule has 0 aromatic carbocycles. The number of thiophene rings is 1. The summed E-state index contributed by atoms with van der Waals surface area (Å²) in [4.78, 5) is 0.989. The third kappa shape index (κ3) is 2.46. The number of rotatable bonds is 4. The third-order valence-electron chi connectivity index (χ3n) is 2.68. The highest BCUT2D eigenvalue weighted by Gasteiger charge is 2.21. The molecule has 1 unspecified atom stereocenters. The summed E-state index contributed by atoms with van der Waals surface area (Å²) < 4.78 is 2.74. The Bertz CT molecular complexity index is 506. The normalized spacial score (nSPS) is 12.9. The molecular weight excluding hydrogens is 300 g/mol. The summed E-state index contributed by atoms with van der Waals surface area (Å²) in [5.41, 5.74) is 1.97. The van der Waals surface area contributed by atoms with Gasteiger partial charge in [-0.15, -0.1) is 11.3 Å². The Labute approximate surface area is 113 Å². The van der Waals surface area contributed by atoms with Gasteiger partial charge in [0.15, 0.2) is 0 Å². The van der Waals surface area contributed by atoms with Crippen molar-refractivity contribution in [2.45, 2.75) is 32.9 Å². The van der Waals surface area contributed by atoms with Crippen molar-refractivity contribution in [3.05, 3.63) is 38.3 Å². The van der Waals surface area contributed by atoms with Crippen LogP contribution in [0, 0.1) is 6.92 Å². The molecule has 0 bridgehead atoms. The Morgan fingerprint density at radius 1 is 1.59 bits per heavy atom. The molecule has 3 nitrogen and oxygen atoms in total. The SMILES string of the molecule is CCCn1ncc(Br)c1C(O)c1sccc1C. The van der Waals surface area contributed by atoms with E-state index in [1.165, 1.54) is 0 Å². The Morgan fingerprint density at radius 2 is 2.35 bits per heavy atom. The predicted octanol–water partition coefficient (Wildman–Crippen LogP) is 3.51. The number of halogens is 1. The maximum atomic E-state index is 10.5. The van der Waals surface area contributed by atoms with Crippen LogP contribution < -0.4 is 0 Å². The third-order valence-corrected chi connectivity index (χ3v) is 4.36. The fourth-order valence-electron chi connectivity index (χ4n) is 1.82. The minimum Gasteiger partial charge on any atom is -0.381 e. The standard InChI is InChI=1S/C12H15BrN2OS/c1-3-5-15-10(9(13)7-14-15)11(16)12-8(2)4-6-17-12/h4,6-7,11,16H,3,5H2,1-2H3. The van der Waals surface area contributed by atoms with Crippen LogP contribution in [0.25, 0.3) is 0 Å².